The Hall–Kier alpha value is -3.50. The summed E-state index contributed by atoms with van der Waals surface area (Å²) in [5.41, 5.74) is 8.52. The highest BCUT2D eigenvalue weighted by molar-refractivity contribution is 6.15. The van der Waals surface area contributed by atoms with Crippen LogP contribution < -0.4 is 11.1 Å². The van der Waals surface area contributed by atoms with Crippen molar-refractivity contribution in [3.05, 3.63) is 70.9 Å². The molecule has 2 aromatic carbocycles. The van der Waals surface area contributed by atoms with Crippen LogP contribution in [0.15, 0.2) is 48.5 Å². The van der Waals surface area contributed by atoms with Gasteiger partial charge in [0.25, 0.3) is 0 Å². The maximum Gasteiger partial charge on any atom is 0.416 e. The summed E-state index contributed by atoms with van der Waals surface area (Å²) in [5, 5.41) is 12.0. The Morgan fingerprint density at radius 2 is 1.72 bits per heavy atom. The van der Waals surface area contributed by atoms with Crippen LogP contribution in [-0.2, 0) is 27.1 Å². The highest BCUT2D eigenvalue weighted by atomic mass is 35.5. The number of halogens is 4. The molecule has 3 aromatic rings. The molecule has 1 aliphatic rings. The third-order valence-corrected chi connectivity index (χ3v) is 5.16. The summed E-state index contributed by atoms with van der Waals surface area (Å²) in [6.07, 6.45) is -1.94. The Morgan fingerprint density at radius 1 is 1.11 bits per heavy atom. The van der Waals surface area contributed by atoms with Gasteiger partial charge in [0.2, 0.25) is 11.8 Å². The minimum absolute atomic E-state index is 0.169. The van der Waals surface area contributed by atoms with Crippen LogP contribution in [-0.4, -0.2) is 35.1 Å². The predicted octanol–water partition coefficient (Wildman–Crippen LogP) is 4.60. The van der Waals surface area contributed by atoms with Crippen molar-refractivity contribution in [2.45, 2.75) is 38.4 Å². The molecule has 4 rings (SSSR count). The van der Waals surface area contributed by atoms with Crippen molar-refractivity contribution in [2.24, 2.45) is 5.73 Å². The standard InChI is InChI=1S/C16H17N3O2.C7H5F3O.CH3Cl.CH2O/c1-9-13(12-4-5-15(20)19-16(12)21)7-11-3-2-10(8-17)6-14(11)18-9;8-7(9,10)5-1-3-6(11)4-2-5;2*1-2/h2-3,6-7,12H,4-5,8,17H2,1H3,(H,19,20,21);1-4,11H;1H3;1H2. The molecule has 1 atom stereocenters. The lowest BCUT2D eigenvalue weighted by atomic mass is 9.89. The normalized spacial score (nSPS) is 14.8. The number of amides is 2. The molecular formula is C25H27ClF3N3O4. The molecule has 2 heterocycles. The van der Waals surface area contributed by atoms with Gasteiger partial charge >= 0.3 is 6.18 Å². The van der Waals surface area contributed by atoms with Crippen molar-refractivity contribution in [3.63, 3.8) is 0 Å². The molecular weight excluding hydrogens is 499 g/mol. The number of phenols is 1. The SMILES string of the molecule is C=O.CCl.Cc1nc2cc(CN)ccc2cc1C1CCC(=O)NC1=O.Oc1ccc(C(F)(F)F)cc1. The number of aromatic nitrogens is 1. The summed E-state index contributed by atoms with van der Waals surface area (Å²) in [6, 6.07) is 11.6. The first-order valence-electron chi connectivity index (χ1n) is 10.6. The summed E-state index contributed by atoms with van der Waals surface area (Å²) >= 11 is 4.64. The molecule has 2 amide bonds. The second kappa shape index (κ2) is 14.2. The van der Waals surface area contributed by atoms with Gasteiger partial charge in [-0.1, -0.05) is 12.1 Å². The van der Waals surface area contributed by atoms with Crippen LogP contribution in [0, 0.1) is 6.92 Å². The maximum absolute atomic E-state index is 12.0. The van der Waals surface area contributed by atoms with Gasteiger partial charge in [-0.15, -0.1) is 11.6 Å². The Balaban J connectivity index is 0.000000366. The van der Waals surface area contributed by atoms with Gasteiger partial charge in [-0.3, -0.25) is 19.9 Å². The Bertz CT molecular complexity index is 1170. The zero-order valence-electron chi connectivity index (χ0n) is 19.7. The molecule has 1 aliphatic heterocycles. The smallest absolute Gasteiger partial charge is 0.416 e. The van der Waals surface area contributed by atoms with E-state index in [0.717, 1.165) is 52.0 Å². The summed E-state index contributed by atoms with van der Waals surface area (Å²) in [6.45, 7) is 4.37. The quantitative estimate of drug-likeness (QED) is 0.332. The minimum atomic E-state index is -4.33. The van der Waals surface area contributed by atoms with Crippen molar-refractivity contribution in [2.75, 3.05) is 6.38 Å². The lowest BCUT2D eigenvalue weighted by molar-refractivity contribution is -0.138. The second-order valence-electron chi connectivity index (χ2n) is 7.44. The maximum atomic E-state index is 12.0. The van der Waals surface area contributed by atoms with Crippen molar-refractivity contribution >= 4 is 41.1 Å². The van der Waals surface area contributed by atoms with Gasteiger partial charge in [0.05, 0.1) is 17.0 Å². The van der Waals surface area contributed by atoms with E-state index in [9.17, 15) is 22.8 Å². The van der Waals surface area contributed by atoms with Crippen LogP contribution >= 0.6 is 11.6 Å². The number of nitrogens with two attached hydrogens (primary N) is 1. The van der Waals surface area contributed by atoms with Crippen molar-refractivity contribution in [1.82, 2.24) is 10.3 Å². The van der Waals surface area contributed by atoms with Crippen LogP contribution in [0.2, 0.25) is 0 Å². The molecule has 1 saturated heterocycles. The number of carbonyl (C=O) groups is 3. The zero-order valence-corrected chi connectivity index (χ0v) is 20.5. The van der Waals surface area contributed by atoms with Crippen molar-refractivity contribution in [3.8, 4) is 5.75 Å². The van der Waals surface area contributed by atoms with E-state index in [2.05, 4.69) is 21.9 Å². The monoisotopic (exact) mass is 525 g/mol. The van der Waals surface area contributed by atoms with Gasteiger partial charge in [-0.25, -0.2) is 0 Å². The van der Waals surface area contributed by atoms with Crippen LogP contribution in [0.5, 0.6) is 5.75 Å². The number of rotatable bonds is 2. The molecule has 11 heteroatoms. The Labute approximate surface area is 211 Å². The fourth-order valence-electron chi connectivity index (χ4n) is 3.45. The number of nitrogens with zero attached hydrogens (tertiary/aromatic N) is 1. The number of fused-ring (bicyclic) bond motifs is 1. The Kier molecular flexibility index (Phi) is 12.0. The number of aryl methyl sites for hydroxylation is 1. The number of aromatic hydroxyl groups is 1. The number of hydrogen-bond donors (Lipinski definition) is 3. The summed E-state index contributed by atoms with van der Waals surface area (Å²) in [5.74, 6) is -0.892. The molecule has 0 radical (unpaired) electrons. The van der Waals surface area contributed by atoms with Gasteiger partial charge in [-0.2, -0.15) is 13.2 Å². The third kappa shape index (κ3) is 8.31. The Morgan fingerprint density at radius 3 is 2.25 bits per heavy atom. The molecule has 7 nitrogen and oxygen atoms in total. The van der Waals surface area contributed by atoms with E-state index < -0.39 is 11.7 Å². The molecule has 1 unspecified atom stereocenters. The number of hydrogen-bond acceptors (Lipinski definition) is 6. The van der Waals surface area contributed by atoms with Gasteiger partial charge in [0, 0.05) is 30.4 Å². The fraction of sp³-hybridized carbons (Fsp3) is 0.280. The first kappa shape index (κ1) is 30.5. The van der Waals surface area contributed by atoms with E-state index in [0.29, 0.717) is 19.4 Å². The molecule has 36 heavy (non-hydrogen) atoms. The van der Waals surface area contributed by atoms with E-state index in [1.807, 2.05) is 38.0 Å². The number of pyridine rings is 1. The molecule has 1 aromatic heterocycles. The molecule has 0 saturated carbocycles. The van der Waals surface area contributed by atoms with E-state index in [1.165, 1.54) is 6.38 Å². The molecule has 0 aliphatic carbocycles. The summed E-state index contributed by atoms with van der Waals surface area (Å²) < 4.78 is 35.5. The number of phenolic OH excluding ortho intramolecular Hbond substituents is 1. The van der Waals surface area contributed by atoms with Crippen LogP contribution in [0.1, 0.15) is 41.1 Å². The van der Waals surface area contributed by atoms with E-state index >= 15 is 0 Å². The number of imide groups is 1. The minimum Gasteiger partial charge on any atom is -0.508 e. The number of carbonyl (C=O) groups excluding carboxylic acids is 3. The number of benzene rings is 2. The van der Waals surface area contributed by atoms with E-state index in [1.54, 1.807) is 0 Å². The van der Waals surface area contributed by atoms with Crippen molar-refractivity contribution in [1.29, 1.82) is 0 Å². The van der Waals surface area contributed by atoms with Gasteiger partial charge in [0.1, 0.15) is 12.5 Å². The first-order valence-corrected chi connectivity index (χ1v) is 11.3. The average molecular weight is 526 g/mol. The van der Waals surface area contributed by atoms with Crippen LogP contribution in [0.4, 0.5) is 13.2 Å². The number of alkyl halides is 4. The third-order valence-electron chi connectivity index (χ3n) is 5.16. The number of nitrogens with one attached hydrogen (secondary N) is 1. The van der Waals surface area contributed by atoms with Gasteiger partial charge in [-0.05, 0) is 60.9 Å². The molecule has 0 spiro atoms. The largest absolute Gasteiger partial charge is 0.508 e. The fourth-order valence-corrected chi connectivity index (χ4v) is 3.45. The van der Waals surface area contributed by atoms with Gasteiger partial charge < -0.3 is 15.6 Å². The second-order valence-corrected chi connectivity index (χ2v) is 7.44. The molecule has 1 fully saturated rings. The zero-order chi connectivity index (χ0) is 27.5. The predicted molar refractivity (Wildman–Crippen MR) is 132 cm³/mol. The molecule has 194 valence electrons. The van der Waals surface area contributed by atoms with E-state index in [4.69, 9.17) is 15.6 Å². The highest BCUT2D eigenvalue weighted by Crippen LogP contribution is 2.30. The van der Waals surface area contributed by atoms with Gasteiger partial charge in [0.15, 0.2) is 0 Å². The topological polar surface area (TPSA) is 122 Å². The lowest BCUT2D eigenvalue weighted by Gasteiger charge is -2.22. The molecule has 0 bridgehead atoms. The average Bonchev–Trinajstić information content (AvgIpc) is 2.86. The summed E-state index contributed by atoms with van der Waals surface area (Å²) in [4.78, 5) is 35.9. The van der Waals surface area contributed by atoms with Crippen LogP contribution in [0.25, 0.3) is 10.9 Å². The first-order chi connectivity index (χ1) is 17.1. The lowest BCUT2D eigenvalue weighted by Crippen LogP contribution is -2.39. The highest BCUT2D eigenvalue weighted by Gasteiger charge is 2.30. The summed E-state index contributed by atoms with van der Waals surface area (Å²) in [7, 11) is 0. The number of piperidine rings is 1. The van der Waals surface area contributed by atoms with E-state index in [-0.39, 0.29) is 23.5 Å². The van der Waals surface area contributed by atoms with Crippen LogP contribution in [0.3, 0.4) is 0 Å². The molecule has 4 N–H and O–H groups in total. The van der Waals surface area contributed by atoms with Crippen molar-refractivity contribution < 1.29 is 32.7 Å².